The fourth-order valence-corrected chi connectivity index (χ4v) is 2.16. The maximum absolute atomic E-state index is 13.5. The minimum Gasteiger partial charge on any atom is -0.323 e. The molecule has 24 heavy (non-hydrogen) atoms. The lowest BCUT2D eigenvalue weighted by molar-refractivity contribution is -0.125. The summed E-state index contributed by atoms with van der Waals surface area (Å²) in [6.07, 6.45) is -0.554. The zero-order valence-electron chi connectivity index (χ0n) is 12.9. The molecule has 0 aliphatic heterocycles. The van der Waals surface area contributed by atoms with Gasteiger partial charge in [-0.3, -0.25) is 9.59 Å². The molecule has 126 valence electrons. The van der Waals surface area contributed by atoms with Crippen LogP contribution in [0.1, 0.15) is 13.3 Å². The van der Waals surface area contributed by atoms with Crippen LogP contribution in [0.3, 0.4) is 0 Å². The van der Waals surface area contributed by atoms with Crippen molar-refractivity contribution in [3.8, 4) is 0 Å². The van der Waals surface area contributed by atoms with Crippen LogP contribution in [0.25, 0.3) is 0 Å². The number of nitrogens with zero attached hydrogens (tertiary/aromatic N) is 1. The van der Waals surface area contributed by atoms with Crippen LogP contribution < -0.4 is 10.2 Å². The van der Waals surface area contributed by atoms with E-state index < -0.39 is 41.4 Å². The molecule has 0 unspecified atom stereocenters. The fraction of sp³-hybridized carbons (Fsp3) is 0.176. The van der Waals surface area contributed by atoms with Gasteiger partial charge >= 0.3 is 0 Å². The van der Waals surface area contributed by atoms with Gasteiger partial charge in [0.1, 0.15) is 6.42 Å². The van der Waals surface area contributed by atoms with Crippen LogP contribution in [0.2, 0.25) is 0 Å². The number of benzene rings is 2. The first-order chi connectivity index (χ1) is 11.4. The monoisotopic (exact) mass is 336 g/mol. The van der Waals surface area contributed by atoms with Crippen molar-refractivity contribution < 1.29 is 22.8 Å². The van der Waals surface area contributed by atoms with Crippen molar-refractivity contribution in [1.82, 2.24) is 0 Å². The number of hydrogen-bond donors (Lipinski definition) is 1. The summed E-state index contributed by atoms with van der Waals surface area (Å²) in [7, 11) is 0. The average Bonchev–Trinajstić information content (AvgIpc) is 2.57. The van der Waals surface area contributed by atoms with E-state index in [0.717, 1.165) is 6.07 Å². The molecule has 2 aromatic rings. The third-order valence-corrected chi connectivity index (χ3v) is 3.31. The Labute approximate surface area is 136 Å². The zero-order chi connectivity index (χ0) is 17.7. The molecule has 0 aliphatic carbocycles. The molecule has 0 fully saturated rings. The quantitative estimate of drug-likeness (QED) is 0.671. The van der Waals surface area contributed by atoms with Gasteiger partial charge in [0.05, 0.1) is 5.69 Å². The second kappa shape index (κ2) is 7.63. The molecule has 2 rings (SSSR count). The number of amides is 2. The Morgan fingerprint density at radius 3 is 2.29 bits per heavy atom. The summed E-state index contributed by atoms with van der Waals surface area (Å²) in [5.41, 5.74) is 0.103. The van der Waals surface area contributed by atoms with Crippen LogP contribution >= 0.6 is 0 Å². The molecule has 0 bridgehead atoms. The Kier molecular flexibility index (Phi) is 5.57. The molecule has 7 heteroatoms. The Morgan fingerprint density at radius 1 is 1.00 bits per heavy atom. The molecular weight excluding hydrogens is 321 g/mol. The lowest BCUT2D eigenvalue weighted by Gasteiger charge is -2.20. The highest BCUT2D eigenvalue weighted by Gasteiger charge is 2.20. The van der Waals surface area contributed by atoms with Gasteiger partial charge in [0, 0.05) is 12.2 Å². The van der Waals surface area contributed by atoms with E-state index >= 15 is 0 Å². The molecule has 0 aliphatic rings. The van der Waals surface area contributed by atoms with Gasteiger partial charge < -0.3 is 10.2 Å². The van der Waals surface area contributed by atoms with Gasteiger partial charge in [-0.1, -0.05) is 18.2 Å². The summed E-state index contributed by atoms with van der Waals surface area (Å²) in [5.74, 6) is -5.86. The van der Waals surface area contributed by atoms with Crippen LogP contribution in [-0.2, 0) is 9.59 Å². The van der Waals surface area contributed by atoms with Gasteiger partial charge in [-0.05, 0) is 31.2 Å². The van der Waals surface area contributed by atoms with Gasteiger partial charge in [0.2, 0.25) is 11.8 Å². The van der Waals surface area contributed by atoms with E-state index in [0.29, 0.717) is 18.3 Å². The van der Waals surface area contributed by atoms with Crippen molar-refractivity contribution in [3.05, 3.63) is 59.9 Å². The van der Waals surface area contributed by atoms with E-state index in [2.05, 4.69) is 5.32 Å². The molecule has 0 spiro atoms. The van der Waals surface area contributed by atoms with Gasteiger partial charge in [0.25, 0.3) is 0 Å². The normalized spacial score (nSPS) is 10.3. The van der Waals surface area contributed by atoms with E-state index in [-0.39, 0.29) is 0 Å². The SMILES string of the molecule is CCN(C(=O)CC(=O)Nc1ccc(F)c(F)c1F)c1ccccc1. The van der Waals surface area contributed by atoms with Crippen molar-refractivity contribution in [2.24, 2.45) is 0 Å². The summed E-state index contributed by atoms with van der Waals surface area (Å²) in [6.45, 7) is 2.09. The maximum atomic E-state index is 13.5. The number of para-hydroxylation sites is 1. The highest BCUT2D eigenvalue weighted by atomic mass is 19.2. The molecule has 1 N–H and O–H groups in total. The number of carbonyl (C=O) groups is 2. The molecule has 0 aromatic heterocycles. The number of nitrogens with one attached hydrogen (secondary N) is 1. The van der Waals surface area contributed by atoms with E-state index in [9.17, 15) is 22.8 Å². The highest BCUT2D eigenvalue weighted by molar-refractivity contribution is 6.09. The first kappa shape index (κ1) is 17.5. The molecule has 0 heterocycles. The molecule has 2 aromatic carbocycles. The average molecular weight is 336 g/mol. The topological polar surface area (TPSA) is 49.4 Å². The maximum Gasteiger partial charge on any atom is 0.236 e. The van der Waals surface area contributed by atoms with Crippen molar-refractivity contribution in [2.45, 2.75) is 13.3 Å². The molecular formula is C17H15F3N2O2. The van der Waals surface area contributed by atoms with Crippen LogP contribution in [0, 0.1) is 17.5 Å². The third-order valence-electron chi connectivity index (χ3n) is 3.31. The zero-order valence-corrected chi connectivity index (χ0v) is 12.9. The third kappa shape index (κ3) is 3.92. The number of anilines is 2. The highest BCUT2D eigenvalue weighted by Crippen LogP contribution is 2.20. The van der Waals surface area contributed by atoms with Crippen molar-refractivity contribution in [2.75, 3.05) is 16.8 Å². The molecule has 0 atom stereocenters. The lowest BCUT2D eigenvalue weighted by Crippen LogP contribution is -2.33. The standard InChI is InChI=1S/C17H15F3N2O2/c1-2-22(11-6-4-3-5-7-11)15(24)10-14(23)21-13-9-8-12(18)16(19)17(13)20/h3-9H,2,10H2,1H3,(H,21,23). The van der Waals surface area contributed by atoms with Crippen molar-refractivity contribution >= 4 is 23.2 Å². The van der Waals surface area contributed by atoms with Crippen LogP contribution in [0.5, 0.6) is 0 Å². The Morgan fingerprint density at radius 2 is 1.67 bits per heavy atom. The number of hydrogen-bond acceptors (Lipinski definition) is 2. The smallest absolute Gasteiger partial charge is 0.236 e. The lowest BCUT2D eigenvalue weighted by atomic mass is 10.2. The van der Waals surface area contributed by atoms with E-state index in [1.807, 2.05) is 0 Å². The summed E-state index contributed by atoms with van der Waals surface area (Å²) in [5, 5.41) is 2.07. The van der Waals surface area contributed by atoms with E-state index in [4.69, 9.17) is 0 Å². The second-order valence-electron chi connectivity index (χ2n) is 4.92. The summed E-state index contributed by atoms with van der Waals surface area (Å²) in [4.78, 5) is 25.5. The van der Waals surface area contributed by atoms with Gasteiger partial charge in [-0.2, -0.15) is 0 Å². The van der Waals surface area contributed by atoms with Crippen molar-refractivity contribution in [1.29, 1.82) is 0 Å². The first-order valence-corrected chi connectivity index (χ1v) is 7.22. The van der Waals surface area contributed by atoms with Gasteiger partial charge in [-0.15, -0.1) is 0 Å². The van der Waals surface area contributed by atoms with Gasteiger partial charge in [0.15, 0.2) is 17.5 Å². The predicted octanol–water partition coefficient (Wildman–Crippen LogP) is 3.49. The Hall–Kier alpha value is -2.83. The van der Waals surface area contributed by atoms with E-state index in [1.165, 1.54) is 4.90 Å². The minimum absolute atomic E-state index is 0.343. The first-order valence-electron chi connectivity index (χ1n) is 7.22. The van der Waals surface area contributed by atoms with E-state index in [1.54, 1.807) is 37.3 Å². The van der Waals surface area contributed by atoms with Crippen LogP contribution in [0.15, 0.2) is 42.5 Å². The minimum atomic E-state index is -1.68. The van der Waals surface area contributed by atoms with Crippen molar-refractivity contribution in [3.63, 3.8) is 0 Å². The molecule has 4 nitrogen and oxygen atoms in total. The van der Waals surface area contributed by atoms with Gasteiger partial charge in [-0.25, -0.2) is 13.2 Å². The Balaban J connectivity index is 2.06. The predicted molar refractivity (Wildman–Crippen MR) is 84.0 cm³/mol. The number of halogens is 3. The fourth-order valence-electron chi connectivity index (χ4n) is 2.16. The second-order valence-corrected chi connectivity index (χ2v) is 4.92. The summed E-state index contributed by atoms with van der Waals surface area (Å²) >= 11 is 0. The molecule has 0 saturated carbocycles. The number of rotatable bonds is 5. The largest absolute Gasteiger partial charge is 0.323 e. The molecule has 0 saturated heterocycles. The summed E-state index contributed by atoms with van der Waals surface area (Å²) < 4.78 is 39.5. The molecule has 0 radical (unpaired) electrons. The van der Waals surface area contributed by atoms with Crippen LogP contribution in [0.4, 0.5) is 24.5 Å². The molecule has 2 amide bonds. The van der Waals surface area contributed by atoms with Crippen LogP contribution in [-0.4, -0.2) is 18.4 Å². The number of carbonyl (C=O) groups excluding carboxylic acids is 2. The summed E-state index contributed by atoms with van der Waals surface area (Å²) in [6, 6.07) is 10.3. The Bertz CT molecular complexity index is 751.